The minimum Gasteiger partial charge on any atom is -0.357 e. The Balaban J connectivity index is 0.00000480. The third-order valence-electron chi connectivity index (χ3n) is 5.54. The van der Waals surface area contributed by atoms with E-state index in [-0.39, 0.29) is 41.8 Å². The van der Waals surface area contributed by atoms with Gasteiger partial charge in [0.2, 0.25) is 0 Å². The van der Waals surface area contributed by atoms with Gasteiger partial charge in [0.05, 0.1) is 12.3 Å². The van der Waals surface area contributed by atoms with Crippen LogP contribution in [0.5, 0.6) is 0 Å². The number of hydrogen-bond donors (Lipinski definition) is 2. The summed E-state index contributed by atoms with van der Waals surface area (Å²) < 4.78 is 37.2. The minimum atomic E-state index is -3.22. The fraction of sp³-hybridized carbons (Fsp3) is 0.682. The molecule has 1 aliphatic rings. The molecular weight excluding hydrogens is 530 g/mol. The number of aliphatic imine (C=N–C) groups is 1. The molecule has 1 aromatic rings. The molecule has 178 valence electrons. The predicted octanol–water partition coefficient (Wildman–Crippen LogP) is 3.55. The summed E-state index contributed by atoms with van der Waals surface area (Å²) in [5, 5.41) is 6.64. The largest absolute Gasteiger partial charge is 0.357 e. The van der Waals surface area contributed by atoms with Crippen molar-refractivity contribution in [2.24, 2.45) is 10.9 Å². The second-order valence-electron chi connectivity index (χ2n) is 9.04. The average Bonchev–Trinajstić information content (AvgIpc) is 2.65. The molecule has 0 radical (unpaired) electrons. The Kier molecular flexibility index (Phi) is 11.2. The van der Waals surface area contributed by atoms with Gasteiger partial charge in [-0.1, -0.05) is 13.0 Å². The summed E-state index contributed by atoms with van der Waals surface area (Å²) in [5.74, 6) is 0.838. The van der Waals surface area contributed by atoms with E-state index in [0.29, 0.717) is 29.5 Å². The van der Waals surface area contributed by atoms with Crippen LogP contribution in [-0.4, -0.2) is 57.3 Å². The number of likely N-dealkylation sites (tertiary alicyclic amines) is 1. The van der Waals surface area contributed by atoms with E-state index in [2.05, 4.69) is 41.3 Å². The third kappa shape index (κ3) is 9.61. The Labute approximate surface area is 204 Å². The zero-order valence-electron chi connectivity index (χ0n) is 19.4. The first-order chi connectivity index (χ1) is 14.0. The maximum Gasteiger partial charge on any atom is 0.191 e. The summed E-state index contributed by atoms with van der Waals surface area (Å²) in [7, 11) is -3.22. The SMILES string of the molecule is CCNC(=NCc1cc(F)ccc1CS(C)(=O)=O)NCC(C)(C)N1CCCC(C)C1.I. The summed E-state index contributed by atoms with van der Waals surface area (Å²) in [4.78, 5) is 7.12. The van der Waals surface area contributed by atoms with Gasteiger partial charge in [0.25, 0.3) is 0 Å². The molecule has 1 heterocycles. The monoisotopic (exact) mass is 568 g/mol. The van der Waals surface area contributed by atoms with Gasteiger partial charge in [-0.3, -0.25) is 4.90 Å². The molecule has 0 bridgehead atoms. The van der Waals surface area contributed by atoms with Crippen LogP contribution in [0.15, 0.2) is 23.2 Å². The van der Waals surface area contributed by atoms with Crippen molar-refractivity contribution in [3.8, 4) is 0 Å². The molecule has 31 heavy (non-hydrogen) atoms. The molecule has 2 N–H and O–H groups in total. The maximum atomic E-state index is 13.8. The van der Waals surface area contributed by atoms with Crippen molar-refractivity contribution in [3.05, 3.63) is 35.1 Å². The molecule has 1 aromatic carbocycles. The lowest BCUT2D eigenvalue weighted by atomic mass is 9.93. The second kappa shape index (κ2) is 12.3. The topological polar surface area (TPSA) is 73.8 Å². The number of benzene rings is 1. The van der Waals surface area contributed by atoms with Gasteiger partial charge in [-0.15, -0.1) is 24.0 Å². The Hall–Kier alpha value is -0.940. The van der Waals surface area contributed by atoms with Gasteiger partial charge in [-0.25, -0.2) is 17.8 Å². The van der Waals surface area contributed by atoms with Gasteiger partial charge in [0.1, 0.15) is 5.82 Å². The first-order valence-corrected chi connectivity index (χ1v) is 12.8. The quantitative estimate of drug-likeness (QED) is 0.285. The molecule has 1 atom stereocenters. The summed E-state index contributed by atoms with van der Waals surface area (Å²) in [6.07, 6.45) is 3.69. The fourth-order valence-corrected chi connectivity index (χ4v) is 4.67. The zero-order chi connectivity index (χ0) is 22.4. The van der Waals surface area contributed by atoms with Gasteiger partial charge in [0.15, 0.2) is 15.8 Å². The van der Waals surface area contributed by atoms with Crippen LogP contribution in [0, 0.1) is 11.7 Å². The lowest BCUT2D eigenvalue weighted by Crippen LogP contribution is -2.56. The van der Waals surface area contributed by atoms with Gasteiger partial charge >= 0.3 is 0 Å². The van der Waals surface area contributed by atoms with Crippen LogP contribution in [-0.2, 0) is 22.1 Å². The molecule has 1 fully saturated rings. The Morgan fingerprint density at radius 1 is 1.29 bits per heavy atom. The summed E-state index contributed by atoms with van der Waals surface area (Å²) in [5.41, 5.74) is 1.15. The van der Waals surface area contributed by atoms with E-state index < -0.39 is 15.7 Å². The van der Waals surface area contributed by atoms with Crippen molar-refractivity contribution >= 4 is 39.8 Å². The van der Waals surface area contributed by atoms with E-state index in [1.165, 1.54) is 37.3 Å². The number of nitrogens with one attached hydrogen (secondary N) is 2. The Bertz CT molecular complexity index is 846. The van der Waals surface area contributed by atoms with Crippen LogP contribution in [0.2, 0.25) is 0 Å². The third-order valence-corrected chi connectivity index (χ3v) is 6.37. The number of hydrogen-bond acceptors (Lipinski definition) is 4. The van der Waals surface area contributed by atoms with Crippen molar-refractivity contribution < 1.29 is 12.8 Å². The number of halogens is 2. The molecule has 0 saturated carbocycles. The molecule has 0 amide bonds. The van der Waals surface area contributed by atoms with Crippen molar-refractivity contribution in [1.82, 2.24) is 15.5 Å². The summed E-state index contributed by atoms with van der Waals surface area (Å²) in [6.45, 7) is 12.6. The summed E-state index contributed by atoms with van der Waals surface area (Å²) >= 11 is 0. The smallest absolute Gasteiger partial charge is 0.191 e. The van der Waals surface area contributed by atoms with Crippen molar-refractivity contribution in [2.45, 2.75) is 58.4 Å². The van der Waals surface area contributed by atoms with Crippen LogP contribution in [0.3, 0.4) is 0 Å². The van der Waals surface area contributed by atoms with Crippen LogP contribution in [0.25, 0.3) is 0 Å². The maximum absolute atomic E-state index is 13.8. The molecular formula is C22H38FIN4O2S. The number of sulfone groups is 1. The van der Waals surface area contributed by atoms with E-state index in [9.17, 15) is 12.8 Å². The van der Waals surface area contributed by atoms with Crippen LogP contribution < -0.4 is 10.6 Å². The normalized spacial score (nSPS) is 18.4. The number of rotatable bonds is 8. The van der Waals surface area contributed by atoms with E-state index in [4.69, 9.17) is 0 Å². The lowest BCUT2D eigenvalue weighted by Gasteiger charge is -2.43. The molecule has 1 saturated heterocycles. The standard InChI is InChI=1S/C22H37FN4O2S.HI/c1-6-24-21(26-16-22(3,4)27-11-7-8-17(2)14-27)25-13-19-12-20(23)10-9-18(19)15-30(5,28)29;/h9-10,12,17H,6-8,11,13-16H2,1-5H3,(H2,24,25,26);1H. The highest BCUT2D eigenvalue weighted by atomic mass is 127. The van der Waals surface area contributed by atoms with E-state index in [0.717, 1.165) is 19.6 Å². The Morgan fingerprint density at radius 2 is 2.00 bits per heavy atom. The summed E-state index contributed by atoms with van der Waals surface area (Å²) in [6, 6.07) is 4.19. The van der Waals surface area contributed by atoms with Gasteiger partial charge in [-0.05, 0) is 69.3 Å². The van der Waals surface area contributed by atoms with E-state index in [1.807, 2.05) is 6.92 Å². The molecule has 9 heteroatoms. The lowest BCUT2D eigenvalue weighted by molar-refractivity contribution is 0.0739. The molecule has 1 unspecified atom stereocenters. The Morgan fingerprint density at radius 3 is 2.61 bits per heavy atom. The highest BCUT2D eigenvalue weighted by molar-refractivity contribution is 14.0. The van der Waals surface area contributed by atoms with Crippen LogP contribution in [0.4, 0.5) is 4.39 Å². The average molecular weight is 569 g/mol. The molecule has 0 aromatic heterocycles. The van der Waals surface area contributed by atoms with E-state index >= 15 is 0 Å². The zero-order valence-corrected chi connectivity index (χ0v) is 22.5. The van der Waals surface area contributed by atoms with Crippen LogP contribution >= 0.6 is 24.0 Å². The molecule has 0 spiro atoms. The first kappa shape index (κ1) is 28.1. The van der Waals surface area contributed by atoms with Crippen molar-refractivity contribution in [2.75, 3.05) is 32.4 Å². The first-order valence-electron chi connectivity index (χ1n) is 10.7. The van der Waals surface area contributed by atoms with Crippen molar-refractivity contribution in [3.63, 3.8) is 0 Å². The predicted molar refractivity (Wildman–Crippen MR) is 137 cm³/mol. The van der Waals surface area contributed by atoms with Gasteiger partial charge in [-0.2, -0.15) is 0 Å². The number of nitrogens with zero attached hydrogens (tertiary/aromatic N) is 2. The highest BCUT2D eigenvalue weighted by Crippen LogP contribution is 2.23. The van der Waals surface area contributed by atoms with Gasteiger partial charge in [0, 0.05) is 31.4 Å². The molecule has 2 rings (SSSR count). The number of guanidine groups is 1. The second-order valence-corrected chi connectivity index (χ2v) is 11.2. The molecule has 1 aliphatic heterocycles. The van der Waals surface area contributed by atoms with Crippen LogP contribution in [0.1, 0.15) is 51.7 Å². The van der Waals surface area contributed by atoms with E-state index in [1.54, 1.807) is 0 Å². The minimum absolute atomic E-state index is 0. The molecule has 6 nitrogen and oxygen atoms in total. The fourth-order valence-electron chi connectivity index (χ4n) is 3.82. The highest BCUT2D eigenvalue weighted by Gasteiger charge is 2.30. The number of piperidine rings is 1. The van der Waals surface area contributed by atoms with Crippen molar-refractivity contribution in [1.29, 1.82) is 0 Å². The van der Waals surface area contributed by atoms with Gasteiger partial charge < -0.3 is 10.6 Å². The molecule has 0 aliphatic carbocycles.